The molecule has 9 heteroatoms. The van der Waals surface area contributed by atoms with E-state index in [4.69, 9.17) is 9.15 Å². The van der Waals surface area contributed by atoms with E-state index in [2.05, 4.69) is 15.5 Å². The number of anilines is 1. The Bertz CT molecular complexity index is 1120. The van der Waals surface area contributed by atoms with Crippen LogP contribution >= 0.6 is 0 Å². The number of carbonyl (C=O) groups excluding carboxylic acids is 1. The molecule has 1 aromatic heterocycles. The molecule has 8 nitrogen and oxygen atoms in total. The molecule has 3 aromatic rings. The van der Waals surface area contributed by atoms with Crippen LogP contribution in [-0.4, -0.2) is 36.4 Å². The molecule has 0 aliphatic carbocycles. The number of nitrogens with zero attached hydrogens (tertiary/aromatic N) is 2. The summed E-state index contributed by atoms with van der Waals surface area (Å²) in [6.07, 6.45) is 0. The molecule has 1 heterocycles. The Hall–Kier alpha value is -3.20. The number of ether oxygens (including phenoxy) is 1. The van der Waals surface area contributed by atoms with Crippen LogP contribution in [0, 0.1) is 6.92 Å². The molecule has 0 bridgehead atoms. The molecule has 0 saturated heterocycles. The minimum Gasteiger partial charge on any atom is -0.484 e. The Kier molecular flexibility index (Phi) is 5.97. The maximum atomic E-state index is 12.3. The van der Waals surface area contributed by atoms with Gasteiger partial charge in [0.1, 0.15) is 5.75 Å². The zero-order valence-corrected chi connectivity index (χ0v) is 17.1. The van der Waals surface area contributed by atoms with E-state index in [0.717, 1.165) is 5.56 Å². The van der Waals surface area contributed by atoms with Gasteiger partial charge in [-0.25, -0.2) is 8.42 Å². The quantitative estimate of drug-likeness (QED) is 0.630. The highest BCUT2D eigenvalue weighted by atomic mass is 32.2. The molecular weight excluding hydrogens is 394 g/mol. The van der Waals surface area contributed by atoms with Gasteiger partial charge in [0.2, 0.25) is 5.89 Å². The lowest BCUT2D eigenvalue weighted by Gasteiger charge is -2.08. The number of sulfone groups is 1. The summed E-state index contributed by atoms with van der Waals surface area (Å²) in [7, 11) is -3.43. The smallest absolute Gasteiger partial charge is 0.322 e. The average Bonchev–Trinajstić information content (AvgIpc) is 3.15. The minimum atomic E-state index is -3.43. The van der Waals surface area contributed by atoms with Gasteiger partial charge in [-0.1, -0.05) is 23.3 Å². The number of carbonyl (C=O) groups is 1. The van der Waals surface area contributed by atoms with Crippen molar-refractivity contribution in [3.63, 3.8) is 0 Å². The molecule has 2 aromatic carbocycles. The van der Waals surface area contributed by atoms with Crippen molar-refractivity contribution >= 4 is 21.8 Å². The van der Waals surface area contributed by atoms with Crippen molar-refractivity contribution in [1.29, 1.82) is 0 Å². The Morgan fingerprint density at radius 1 is 1.14 bits per heavy atom. The summed E-state index contributed by atoms with van der Waals surface area (Å²) < 4.78 is 35.5. The molecule has 0 aliphatic heterocycles. The highest BCUT2D eigenvalue weighted by Crippen LogP contribution is 2.24. The highest BCUT2D eigenvalue weighted by molar-refractivity contribution is 7.92. The van der Waals surface area contributed by atoms with Crippen molar-refractivity contribution in [3.8, 4) is 17.2 Å². The van der Waals surface area contributed by atoms with Crippen molar-refractivity contribution in [1.82, 2.24) is 10.2 Å². The molecule has 0 fully saturated rings. The first-order valence-electron chi connectivity index (χ1n) is 8.93. The van der Waals surface area contributed by atoms with E-state index in [1.54, 1.807) is 32.0 Å². The van der Waals surface area contributed by atoms with Gasteiger partial charge in [0.15, 0.2) is 16.4 Å². The lowest BCUT2D eigenvalue weighted by atomic mass is 10.2. The number of hydrogen-bond donors (Lipinski definition) is 1. The maximum absolute atomic E-state index is 12.3. The summed E-state index contributed by atoms with van der Waals surface area (Å²) in [5.41, 5.74) is 1.46. The van der Waals surface area contributed by atoms with Crippen LogP contribution in [0.4, 0.5) is 6.01 Å². The Labute approximate surface area is 168 Å². The molecule has 0 radical (unpaired) electrons. The molecule has 0 aliphatic rings. The van der Waals surface area contributed by atoms with E-state index in [1.165, 1.54) is 12.1 Å². The second-order valence-corrected chi connectivity index (χ2v) is 9.19. The van der Waals surface area contributed by atoms with Gasteiger partial charge in [-0.3, -0.25) is 10.1 Å². The van der Waals surface area contributed by atoms with Gasteiger partial charge in [-0.15, -0.1) is 5.10 Å². The largest absolute Gasteiger partial charge is 0.484 e. The molecule has 1 amide bonds. The first-order chi connectivity index (χ1) is 13.8. The van der Waals surface area contributed by atoms with Gasteiger partial charge >= 0.3 is 6.01 Å². The van der Waals surface area contributed by atoms with Gasteiger partial charge in [-0.05, 0) is 56.7 Å². The van der Waals surface area contributed by atoms with Gasteiger partial charge in [0, 0.05) is 5.56 Å². The van der Waals surface area contributed by atoms with Crippen molar-refractivity contribution in [2.75, 3.05) is 11.9 Å². The molecule has 0 atom stereocenters. The monoisotopic (exact) mass is 415 g/mol. The van der Waals surface area contributed by atoms with E-state index in [0.29, 0.717) is 11.3 Å². The topological polar surface area (TPSA) is 111 Å². The predicted molar refractivity (Wildman–Crippen MR) is 107 cm³/mol. The van der Waals surface area contributed by atoms with Crippen LogP contribution in [0.1, 0.15) is 19.4 Å². The third kappa shape index (κ3) is 5.00. The SMILES string of the molecule is Cc1cccc(OCC(=O)Nc2nnc(-c3cccc(S(=O)(=O)C(C)C)c3)o2)c1. The van der Waals surface area contributed by atoms with Crippen LogP contribution < -0.4 is 10.1 Å². The van der Waals surface area contributed by atoms with E-state index < -0.39 is 21.0 Å². The number of aryl methyl sites for hydroxylation is 1. The molecule has 0 unspecified atom stereocenters. The molecule has 29 heavy (non-hydrogen) atoms. The molecule has 0 spiro atoms. The molecule has 1 N–H and O–H groups in total. The van der Waals surface area contributed by atoms with E-state index >= 15 is 0 Å². The van der Waals surface area contributed by atoms with Crippen LogP contribution in [0.2, 0.25) is 0 Å². The van der Waals surface area contributed by atoms with Crippen molar-refractivity contribution in [2.45, 2.75) is 30.9 Å². The van der Waals surface area contributed by atoms with Crippen LogP contribution in [0.25, 0.3) is 11.5 Å². The van der Waals surface area contributed by atoms with Crippen LogP contribution in [-0.2, 0) is 14.6 Å². The van der Waals surface area contributed by atoms with E-state index in [9.17, 15) is 13.2 Å². The summed E-state index contributed by atoms with van der Waals surface area (Å²) in [6, 6.07) is 13.5. The van der Waals surface area contributed by atoms with Gasteiger partial charge < -0.3 is 9.15 Å². The standard InChI is InChI=1S/C20H21N3O5S/c1-13(2)29(25,26)17-9-5-7-15(11-17)19-22-23-20(28-19)21-18(24)12-27-16-8-4-6-14(3)10-16/h4-11,13H,12H2,1-3H3,(H,21,23,24). The van der Waals surface area contributed by atoms with E-state index in [1.807, 2.05) is 25.1 Å². The summed E-state index contributed by atoms with van der Waals surface area (Å²) in [5, 5.41) is 9.55. The van der Waals surface area contributed by atoms with Gasteiger partial charge in [0.05, 0.1) is 10.1 Å². The number of hydrogen-bond acceptors (Lipinski definition) is 7. The Balaban J connectivity index is 1.67. The molecule has 3 rings (SSSR count). The lowest BCUT2D eigenvalue weighted by Crippen LogP contribution is -2.20. The van der Waals surface area contributed by atoms with Crippen LogP contribution in [0.15, 0.2) is 57.8 Å². The lowest BCUT2D eigenvalue weighted by molar-refractivity contribution is -0.118. The minimum absolute atomic E-state index is 0.0979. The third-order valence-electron chi connectivity index (χ3n) is 4.06. The maximum Gasteiger partial charge on any atom is 0.322 e. The fourth-order valence-electron chi connectivity index (χ4n) is 2.48. The Morgan fingerprint density at radius 3 is 2.62 bits per heavy atom. The summed E-state index contributed by atoms with van der Waals surface area (Å²) in [6.45, 7) is 4.93. The van der Waals surface area contributed by atoms with Crippen molar-refractivity contribution in [2.24, 2.45) is 0 Å². The van der Waals surface area contributed by atoms with Crippen LogP contribution in [0.5, 0.6) is 5.75 Å². The summed E-state index contributed by atoms with van der Waals surface area (Å²) in [4.78, 5) is 12.2. The fraction of sp³-hybridized carbons (Fsp3) is 0.250. The number of benzene rings is 2. The van der Waals surface area contributed by atoms with E-state index in [-0.39, 0.29) is 23.4 Å². The van der Waals surface area contributed by atoms with Gasteiger partial charge in [0.25, 0.3) is 5.91 Å². The highest BCUT2D eigenvalue weighted by Gasteiger charge is 2.20. The number of aromatic nitrogens is 2. The molecule has 0 saturated carbocycles. The molecule has 152 valence electrons. The second-order valence-electron chi connectivity index (χ2n) is 6.69. The normalized spacial score (nSPS) is 11.4. The second kappa shape index (κ2) is 8.44. The number of nitrogens with one attached hydrogen (secondary N) is 1. The third-order valence-corrected chi connectivity index (χ3v) is 6.21. The predicted octanol–water partition coefficient (Wildman–Crippen LogP) is 3.24. The Morgan fingerprint density at radius 2 is 1.90 bits per heavy atom. The number of amides is 1. The van der Waals surface area contributed by atoms with Crippen molar-refractivity contribution < 1.29 is 22.4 Å². The first kappa shape index (κ1) is 20.5. The van der Waals surface area contributed by atoms with Crippen molar-refractivity contribution in [3.05, 3.63) is 54.1 Å². The zero-order valence-electron chi connectivity index (χ0n) is 16.2. The molecular formula is C20H21N3O5S. The van der Waals surface area contributed by atoms with Crippen LogP contribution in [0.3, 0.4) is 0 Å². The fourth-order valence-corrected chi connectivity index (χ4v) is 3.58. The number of rotatable bonds is 7. The van der Waals surface area contributed by atoms with Gasteiger partial charge in [-0.2, -0.15) is 0 Å². The average molecular weight is 415 g/mol. The zero-order chi connectivity index (χ0) is 21.0. The summed E-state index contributed by atoms with van der Waals surface area (Å²) in [5.74, 6) is 0.216. The first-order valence-corrected chi connectivity index (χ1v) is 10.5. The summed E-state index contributed by atoms with van der Waals surface area (Å²) >= 11 is 0.